The van der Waals surface area contributed by atoms with Gasteiger partial charge in [-0.1, -0.05) is 19.4 Å². The van der Waals surface area contributed by atoms with Crippen LogP contribution in [0.25, 0.3) is 0 Å². The van der Waals surface area contributed by atoms with Crippen molar-refractivity contribution in [1.29, 1.82) is 0 Å². The van der Waals surface area contributed by atoms with Gasteiger partial charge in [0.15, 0.2) is 0 Å². The fourth-order valence-electron chi connectivity index (χ4n) is 2.80. The minimum atomic E-state index is -0.662. The Hall–Kier alpha value is -0.480. The summed E-state index contributed by atoms with van der Waals surface area (Å²) in [6.07, 6.45) is 6.71. The normalized spacial score (nSPS) is 27.3. The van der Waals surface area contributed by atoms with Gasteiger partial charge in [-0.15, -0.1) is 6.58 Å². The predicted molar refractivity (Wildman–Crippen MR) is 78.1 cm³/mol. The molecule has 0 radical (unpaired) electrons. The highest BCUT2D eigenvalue weighted by atomic mass is 32.2. The molecule has 0 heterocycles. The number of carboxylic acids is 1. The number of hydrogen-bond donors (Lipinski definition) is 2. The Morgan fingerprint density at radius 1 is 1.67 bits per heavy atom. The van der Waals surface area contributed by atoms with Gasteiger partial charge in [-0.2, -0.15) is 11.8 Å². The summed E-state index contributed by atoms with van der Waals surface area (Å²) >= 11 is 1.84. The molecular weight excluding hydrogens is 246 g/mol. The lowest BCUT2D eigenvalue weighted by atomic mass is 9.85. The van der Waals surface area contributed by atoms with Crippen molar-refractivity contribution < 1.29 is 9.90 Å². The van der Waals surface area contributed by atoms with Crippen LogP contribution in [0.4, 0.5) is 0 Å². The summed E-state index contributed by atoms with van der Waals surface area (Å²) in [5.74, 6) is 1.60. The first-order valence-electron chi connectivity index (χ1n) is 6.84. The molecule has 0 amide bonds. The van der Waals surface area contributed by atoms with Crippen LogP contribution in [0.3, 0.4) is 0 Å². The molecule has 4 heteroatoms. The molecular formula is C14H25NO2S. The second kappa shape index (κ2) is 7.85. The van der Waals surface area contributed by atoms with Crippen LogP contribution in [-0.2, 0) is 4.79 Å². The molecule has 2 atom stereocenters. The van der Waals surface area contributed by atoms with Gasteiger partial charge in [0, 0.05) is 5.75 Å². The van der Waals surface area contributed by atoms with E-state index in [1.165, 1.54) is 0 Å². The summed E-state index contributed by atoms with van der Waals surface area (Å²) in [7, 11) is 0. The second-order valence-electron chi connectivity index (χ2n) is 4.94. The SMILES string of the molecule is C=CCSCCC1CCCC1(NCCC)C(=O)O. The molecule has 0 aliphatic heterocycles. The number of thioether (sulfide) groups is 1. The van der Waals surface area contributed by atoms with Crippen molar-refractivity contribution in [2.45, 2.75) is 44.6 Å². The van der Waals surface area contributed by atoms with Crippen molar-refractivity contribution in [2.75, 3.05) is 18.1 Å². The molecule has 1 aliphatic carbocycles. The largest absolute Gasteiger partial charge is 0.480 e. The third-order valence-corrected chi connectivity index (χ3v) is 4.73. The van der Waals surface area contributed by atoms with Crippen molar-refractivity contribution in [3.8, 4) is 0 Å². The molecule has 0 bridgehead atoms. The average molecular weight is 271 g/mol. The van der Waals surface area contributed by atoms with Gasteiger partial charge in [0.05, 0.1) is 0 Å². The smallest absolute Gasteiger partial charge is 0.324 e. The zero-order valence-electron chi connectivity index (χ0n) is 11.3. The minimum absolute atomic E-state index is 0.277. The molecule has 0 aromatic carbocycles. The van der Waals surface area contributed by atoms with E-state index in [0.29, 0.717) is 0 Å². The summed E-state index contributed by atoms with van der Waals surface area (Å²) in [5, 5.41) is 12.9. The Morgan fingerprint density at radius 2 is 2.44 bits per heavy atom. The van der Waals surface area contributed by atoms with E-state index in [1.807, 2.05) is 17.8 Å². The first-order valence-corrected chi connectivity index (χ1v) is 8.00. The molecule has 104 valence electrons. The molecule has 0 spiro atoms. The molecule has 1 aliphatic rings. The lowest BCUT2D eigenvalue weighted by Gasteiger charge is -2.32. The predicted octanol–water partition coefficient (Wildman–Crippen LogP) is 2.92. The molecule has 18 heavy (non-hydrogen) atoms. The Bertz CT molecular complexity index is 283. The van der Waals surface area contributed by atoms with Gasteiger partial charge >= 0.3 is 5.97 Å². The number of nitrogens with one attached hydrogen (secondary N) is 1. The van der Waals surface area contributed by atoms with Gasteiger partial charge in [-0.05, 0) is 43.9 Å². The molecule has 0 aromatic rings. The van der Waals surface area contributed by atoms with E-state index >= 15 is 0 Å². The molecule has 0 aromatic heterocycles. The molecule has 3 nitrogen and oxygen atoms in total. The van der Waals surface area contributed by atoms with Crippen LogP contribution >= 0.6 is 11.8 Å². The third-order valence-electron chi connectivity index (χ3n) is 3.74. The maximum absolute atomic E-state index is 11.6. The van der Waals surface area contributed by atoms with E-state index in [4.69, 9.17) is 0 Å². The Morgan fingerprint density at radius 3 is 3.06 bits per heavy atom. The Balaban J connectivity index is 2.56. The highest BCUT2D eigenvalue weighted by molar-refractivity contribution is 7.99. The number of aliphatic carboxylic acids is 1. The van der Waals surface area contributed by atoms with Gasteiger partial charge in [0.25, 0.3) is 0 Å². The van der Waals surface area contributed by atoms with Crippen molar-refractivity contribution in [3.63, 3.8) is 0 Å². The molecule has 0 saturated heterocycles. The second-order valence-corrected chi connectivity index (χ2v) is 6.09. The lowest BCUT2D eigenvalue weighted by molar-refractivity contribution is -0.146. The third kappa shape index (κ3) is 3.75. The van der Waals surface area contributed by atoms with E-state index in [9.17, 15) is 9.90 Å². The zero-order chi connectivity index (χ0) is 13.4. The topological polar surface area (TPSA) is 49.3 Å². The van der Waals surface area contributed by atoms with Crippen LogP contribution in [-0.4, -0.2) is 34.7 Å². The van der Waals surface area contributed by atoms with Crippen molar-refractivity contribution in [1.82, 2.24) is 5.32 Å². The average Bonchev–Trinajstić information content (AvgIpc) is 2.76. The van der Waals surface area contributed by atoms with Crippen LogP contribution in [0.1, 0.15) is 39.0 Å². The van der Waals surface area contributed by atoms with Crippen LogP contribution in [0, 0.1) is 5.92 Å². The van der Waals surface area contributed by atoms with Crippen molar-refractivity contribution >= 4 is 17.7 Å². The number of carboxylic acid groups (broad SMARTS) is 1. The molecule has 1 fully saturated rings. The highest BCUT2D eigenvalue weighted by Crippen LogP contribution is 2.39. The fourth-order valence-corrected chi connectivity index (χ4v) is 3.58. The van der Waals surface area contributed by atoms with Gasteiger partial charge in [0.1, 0.15) is 5.54 Å². The summed E-state index contributed by atoms with van der Waals surface area (Å²) in [5.41, 5.74) is -0.662. The number of carbonyl (C=O) groups is 1. The molecule has 2 N–H and O–H groups in total. The van der Waals surface area contributed by atoms with Crippen LogP contribution in [0.15, 0.2) is 12.7 Å². The first-order chi connectivity index (χ1) is 8.67. The summed E-state index contributed by atoms with van der Waals surface area (Å²) in [6, 6.07) is 0. The van der Waals surface area contributed by atoms with E-state index in [-0.39, 0.29) is 5.92 Å². The van der Waals surface area contributed by atoms with Crippen LogP contribution in [0.5, 0.6) is 0 Å². The fraction of sp³-hybridized carbons (Fsp3) is 0.786. The van der Waals surface area contributed by atoms with Crippen molar-refractivity contribution in [2.24, 2.45) is 5.92 Å². The maximum atomic E-state index is 11.6. The van der Waals surface area contributed by atoms with Gasteiger partial charge in [-0.3, -0.25) is 4.79 Å². The lowest BCUT2D eigenvalue weighted by Crippen LogP contribution is -2.55. The summed E-state index contributed by atoms with van der Waals surface area (Å²) < 4.78 is 0. The van der Waals surface area contributed by atoms with E-state index < -0.39 is 11.5 Å². The van der Waals surface area contributed by atoms with Gasteiger partial charge in [-0.25, -0.2) is 0 Å². The van der Waals surface area contributed by atoms with Gasteiger partial charge in [0.2, 0.25) is 0 Å². The van der Waals surface area contributed by atoms with Crippen LogP contribution < -0.4 is 5.32 Å². The number of rotatable bonds is 9. The van der Waals surface area contributed by atoms with Gasteiger partial charge < -0.3 is 10.4 Å². The molecule has 1 rings (SSSR count). The van der Waals surface area contributed by atoms with E-state index in [0.717, 1.165) is 50.2 Å². The standard InChI is InChI=1S/C14H25NO2S/c1-3-9-15-14(13(16)17)8-5-6-12(14)7-11-18-10-4-2/h4,12,15H,2-3,5-11H2,1H3,(H,16,17). The molecule has 1 saturated carbocycles. The Kier molecular flexibility index (Phi) is 6.79. The minimum Gasteiger partial charge on any atom is -0.480 e. The highest BCUT2D eigenvalue weighted by Gasteiger charge is 2.48. The van der Waals surface area contributed by atoms with E-state index in [1.54, 1.807) is 0 Å². The van der Waals surface area contributed by atoms with Crippen LogP contribution in [0.2, 0.25) is 0 Å². The summed E-state index contributed by atoms with van der Waals surface area (Å²) in [6.45, 7) is 6.57. The zero-order valence-corrected chi connectivity index (χ0v) is 12.1. The van der Waals surface area contributed by atoms with Crippen molar-refractivity contribution in [3.05, 3.63) is 12.7 Å². The summed E-state index contributed by atoms with van der Waals surface area (Å²) in [4.78, 5) is 11.6. The molecule has 2 unspecified atom stereocenters. The maximum Gasteiger partial charge on any atom is 0.324 e. The quantitative estimate of drug-likeness (QED) is 0.500. The Labute approximate surface area is 114 Å². The first kappa shape index (κ1) is 15.6. The van der Waals surface area contributed by atoms with E-state index in [2.05, 4.69) is 18.8 Å². The number of hydrogen-bond acceptors (Lipinski definition) is 3. The monoisotopic (exact) mass is 271 g/mol.